The van der Waals surface area contributed by atoms with Crippen molar-refractivity contribution < 1.29 is 19.6 Å². The van der Waals surface area contributed by atoms with E-state index in [1.807, 2.05) is 0 Å². The molecule has 0 radical (unpaired) electrons. The molecule has 1 rings (SSSR count). The minimum atomic E-state index is -1.21. The number of hydrogen-bond donors (Lipinski definition) is 2. The van der Waals surface area contributed by atoms with Crippen molar-refractivity contribution in [2.24, 2.45) is 0 Å². The van der Waals surface area contributed by atoms with Crippen LogP contribution in [-0.2, 0) is 4.79 Å². The molecule has 1 amide bonds. The zero-order chi connectivity index (χ0) is 16.0. The summed E-state index contributed by atoms with van der Waals surface area (Å²) in [6.45, 7) is 0. The first-order valence-corrected chi connectivity index (χ1v) is 7.46. The van der Waals surface area contributed by atoms with Gasteiger partial charge in [-0.25, -0.2) is 9.78 Å². The molecule has 0 aliphatic rings. The molecule has 1 aromatic rings. The van der Waals surface area contributed by atoms with Crippen LogP contribution in [0.3, 0.4) is 0 Å². The van der Waals surface area contributed by atoms with Gasteiger partial charge in [0.25, 0.3) is 11.6 Å². The quantitative estimate of drug-likeness (QED) is 0.441. The van der Waals surface area contributed by atoms with Gasteiger partial charge >= 0.3 is 5.97 Å². The lowest BCUT2D eigenvalue weighted by atomic mass is 10.1. The van der Waals surface area contributed by atoms with Crippen molar-refractivity contribution in [3.05, 3.63) is 33.1 Å². The number of rotatable bonds is 7. The minimum absolute atomic E-state index is 0.0956. The van der Waals surface area contributed by atoms with Gasteiger partial charge in [-0.1, -0.05) is 11.6 Å². The van der Waals surface area contributed by atoms with E-state index in [-0.39, 0.29) is 17.1 Å². The fraction of sp³-hybridized carbons (Fsp3) is 0.364. The van der Waals surface area contributed by atoms with Gasteiger partial charge < -0.3 is 10.4 Å². The molecule has 114 valence electrons. The van der Waals surface area contributed by atoms with Crippen molar-refractivity contribution in [2.75, 3.05) is 12.0 Å². The van der Waals surface area contributed by atoms with Gasteiger partial charge in [-0.05, 0) is 24.5 Å². The molecule has 0 fully saturated rings. The molecule has 10 heteroatoms. The molecule has 2 N–H and O–H groups in total. The van der Waals surface area contributed by atoms with E-state index in [4.69, 9.17) is 16.7 Å². The summed E-state index contributed by atoms with van der Waals surface area (Å²) >= 11 is 7.04. The van der Waals surface area contributed by atoms with Crippen LogP contribution in [0.15, 0.2) is 12.3 Å². The highest BCUT2D eigenvalue weighted by Crippen LogP contribution is 2.20. The maximum absolute atomic E-state index is 12.0. The van der Waals surface area contributed by atoms with Gasteiger partial charge in [-0.3, -0.25) is 14.9 Å². The lowest BCUT2D eigenvalue weighted by Gasteiger charge is -2.13. The van der Waals surface area contributed by atoms with Crippen LogP contribution in [0, 0.1) is 10.1 Å². The molecule has 1 atom stereocenters. The summed E-state index contributed by atoms with van der Waals surface area (Å²) in [5.74, 6) is -1.56. The third-order valence-corrected chi connectivity index (χ3v) is 3.36. The number of halogens is 1. The second-order valence-electron chi connectivity index (χ2n) is 3.93. The van der Waals surface area contributed by atoms with Gasteiger partial charge in [0.15, 0.2) is 0 Å². The summed E-state index contributed by atoms with van der Waals surface area (Å²) in [5.41, 5.74) is -0.860. The van der Waals surface area contributed by atoms with Crippen molar-refractivity contribution in [2.45, 2.75) is 12.5 Å². The summed E-state index contributed by atoms with van der Waals surface area (Å²) in [4.78, 5) is 36.7. The normalized spacial score (nSPS) is 11.7. The third-order valence-electron chi connectivity index (χ3n) is 2.50. The van der Waals surface area contributed by atoms with Crippen LogP contribution in [0.5, 0.6) is 0 Å². The number of carboxylic acid groups (broad SMARTS) is 1. The number of nitrogens with one attached hydrogen (secondary N) is 1. The molecule has 21 heavy (non-hydrogen) atoms. The molecular weight excluding hydrogens is 322 g/mol. The first kappa shape index (κ1) is 17.2. The van der Waals surface area contributed by atoms with Crippen molar-refractivity contribution in [3.8, 4) is 0 Å². The Morgan fingerprint density at radius 2 is 2.29 bits per heavy atom. The fourth-order valence-electron chi connectivity index (χ4n) is 1.48. The van der Waals surface area contributed by atoms with Gasteiger partial charge in [0, 0.05) is 0 Å². The van der Waals surface area contributed by atoms with Gasteiger partial charge in [0.1, 0.15) is 23.0 Å². The zero-order valence-electron chi connectivity index (χ0n) is 10.9. The maximum atomic E-state index is 12.0. The molecular formula is C11H12ClN3O5S. The Morgan fingerprint density at radius 1 is 1.62 bits per heavy atom. The molecule has 0 saturated carbocycles. The minimum Gasteiger partial charge on any atom is -0.480 e. The Bertz CT molecular complexity index is 569. The predicted molar refractivity (Wildman–Crippen MR) is 77.8 cm³/mol. The Kier molecular flexibility index (Phi) is 6.38. The summed E-state index contributed by atoms with van der Waals surface area (Å²) in [6, 6.07) is -0.0980. The third kappa shape index (κ3) is 4.87. The van der Waals surface area contributed by atoms with E-state index in [1.165, 1.54) is 11.8 Å². The SMILES string of the molecule is CSCC[C@@H](NC(=O)c1cc(Cl)ncc1[N+](=O)[O-])C(=O)O. The number of carbonyl (C=O) groups is 2. The van der Waals surface area contributed by atoms with E-state index in [0.717, 1.165) is 12.3 Å². The van der Waals surface area contributed by atoms with E-state index in [2.05, 4.69) is 10.3 Å². The lowest BCUT2D eigenvalue weighted by Crippen LogP contribution is -2.41. The van der Waals surface area contributed by atoms with Gasteiger partial charge in [-0.2, -0.15) is 11.8 Å². The van der Waals surface area contributed by atoms with Gasteiger partial charge in [0.2, 0.25) is 0 Å². The summed E-state index contributed by atoms with van der Waals surface area (Å²) in [7, 11) is 0. The van der Waals surface area contributed by atoms with E-state index >= 15 is 0 Å². The highest BCUT2D eigenvalue weighted by atomic mass is 35.5. The van der Waals surface area contributed by atoms with Crippen LogP contribution < -0.4 is 5.32 Å². The topological polar surface area (TPSA) is 122 Å². The number of carboxylic acids is 1. The number of nitro groups is 1. The molecule has 1 heterocycles. The molecule has 0 unspecified atom stereocenters. The van der Waals surface area contributed by atoms with Crippen LogP contribution in [0.25, 0.3) is 0 Å². The molecule has 0 aromatic carbocycles. The van der Waals surface area contributed by atoms with E-state index in [9.17, 15) is 19.7 Å². The smallest absolute Gasteiger partial charge is 0.326 e. The predicted octanol–water partition coefficient (Wildman–Crippen LogP) is 1.58. The van der Waals surface area contributed by atoms with Gasteiger partial charge in [0.05, 0.1) is 4.92 Å². The molecule has 0 bridgehead atoms. The standard InChI is InChI=1S/C11H12ClN3O5S/c1-21-3-2-7(11(17)18)14-10(16)6-4-9(12)13-5-8(6)15(19)20/h4-5,7H,2-3H2,1H3,(H,14,16)(H,17,18)/t7-/m1/s1. The number of nitrogens with zero attached hydrogens (tertiary/aromatic N) is 2. The number of aliphatic carboxylic acids is 1. The average Bonchev–Trinajstić information content (AvgIpc) is 2.42. The Labute approximate surface area is 129 Å². The maximum Gasteiger partial charge on any atom is 0.326 e. The van der Waals surface area contributed by atoms with Crippen molar-refractivity contribution in [3.63, 3.8) is 0 Å². The number of carbonyl (C=O) groups excluding carboxylic acids is 1. The number of hydrogen-bond acceptors (Lipinski definition) is 6. The van der Waals surface area contributed by atoms with E-state index in [0.29, 0.717) is 5.75 Å². The number of amides is 1. The van der Waals surface area contributed by atoms with Crippen LogP contribution in [0.2, 0.25) is 5.15 Å². The molecule has 0 aliphatic carbocycles. The average molecular weight is 334 g/mol. The van der Waals surface area contributed by atoms with E-state index in [1.54, 1.807) is 6.26 Å². The second-order valence-corrected chi connectivity index (χ2v) is 5.30. The molecule has 0 saturated heterocycles. The largest absolute Gasteiger partial charge is 0.480 e. The van der Waals surface area contributed by atoms with Crippen molar-refractivity contribution in [1.29, 1.82) is 0 Å². The Balaban J connectivity index is 2.99. The van der Waals surface area contributed by atoms with Crippen LogP contribution in [-0.4, -0.2) is 44.9 Å². The first-order chi connectivity index (χ1) is 9.86. The zero-order valence-corrected chi connectivity index (χ0v) is 12.5. The molecule has 0 spiro atoms. The number of thioether (sulfide) groups is 1. The Morgan fingerprint density at radius 3 is 2.81 bits per heavy atom. The van der Waals surface area contributed by atoms with Crippen LogP contribution in [0.4, 0.5) is 5.69 Å². The highest BCUT2D eigenvalue weighted by Gasteiger charge is 2.26. The van der Waals surface area contributed by atoms with Crippen molar-refractivity contribution >= 4 is 40.9 Å². The summed E-state index contributed by atoms with van der Waals surface area (Å²) in [5, 5.41) is 22.0. The van der Waals surface area contributed by atoms with Crippen LogP contribution >= 0.6 is 23.4 Å². The number of aromatic nitrogens is 1. The number of pyridine rings is 1. The first-order valence-electron chi connectivity index (χ1n) is 5.69. The molecule has 1 aromatic heterocycles. The monoisotopic (exact) mass is 333 g/mol. The fourth-order valence-corrected chi connectivity index (χ4v) is 2.11. The summed E-state index contributed by atoms with van der Waals surface area (Å²) < 4.78 is 0. The molecule has 0 aliphatic heterocycles. The molecule has 8 nitrogen and oxygen atoms in total. The van der Waals surface area contributed by atoms with Gasteiger partial charge in [-0.15, -0.1) is 0 Å². The summed E-state index contributed by atoms with van der Waals surface area (Å²) in [6.07, 6.45) is 2.86. The highest BCUT2D eigenvalue weighted by molar-refractivity contribution is 7.98. The van der Waals surface area contributed by atoms with Crippen molar-refractivity contribution in [1.82, 2.24) is 10.3 Å². The Hall–Kier alpha value is -1.87. The van der Waals surface area contributed by atoms with Crippen LogP contribution in [0.1, 0.15) is 16.8 Å². The second kappa shape index (κ2) is 7.79. The van der Waals surface area contributed by atoms with E-state index < -0.39 is 28.5 Å². The lowest BCUT2D eigenvalue weighted by molar-refractivity contribution is -0.385.